The van der Waals surface area contributed by atoms with Crippen molar-refractivity contribution in [2.75, 3.05) is 13.1 Å². The van der Waals surface area contributed by atoms with E-state index in [-0.39, 0.29) is 0 Å². The summed E-state index contributed by atoms with van der Waals surface area (Å²) in [5.41, 5.74) is 3.31. The molecule has 0 saturated heterocycles. The molecule has 1 aliphatic rings. The topological polar surface area (TPSA) is 12.0 Å². The van der Waals surface area contributed by atoms with Crippen molar-refractivity contribution in [1.82, 2.24) is 5.32 Å². The zero-order valence-corrected chi connectivity index (χ0v) is 10.7. The highest BCUT2D eigenvalue weighted by atomic mass is 14.9. The molecule has 1 nitrogen and oxygen atoms in total. The van der Waals surface area contributed by atoms with Crippen LogP contribution in [0.2, 0.25) is 0 Å². The van der Waals surface area contributed by atoms with E-state index < -0.39 is 0 Å². The maximum atomic E-state index is 3.53. The van der Waals surface area contributed by atoms with E-state index >= 15 is 0 Å². The average Bonchev–Trinajstić information content (AvgIpc) is 2.92. The van der Waals surface area contributed by atoms with E-state index in [0.717, 1.165) is 12.5 Å². The van der Waals surface area contributed by atoms with Crippen LogP contribution in [-0.2, 0) is 5.41 Å². The second kappa shape index (κ2) is 4.58. The molecule has 88 valence electrons. The van der Waals surface area contributed by atoms with Gasteiger partial charge < -0.3 is 5.32 Å². The molecule has 1 saturated carbocycles. The molecular weight excluding hydrogens is 194 g/mol. The van der Waals surface area contributed by atoms with Crippen LogP contribution in [0.3, 0.4) is 0 Å². The van der Waals surface area contributed by atoms with Crippen molar-refractivity contribution in [2.45, 2.75) is 39.0 Å². The zero-order valence-electron chi connectivity index (χ0n) is 10.7. The van der Waals surface area contributed by atoms with Gasteiger partial charge in [-0.3, -0.25) is 0 Å². The molecule has 2 atom stereocenters. The fraction of sp³-hybridized carbons (Fsp3) is 0.600. The second-order valence-corrected chi connectivity index (χ2v) is 5.39. The fourth-order valence-electron chi connectivity index (χ4n) is 2.49. The maximum absolute atomic E-state index is 3.53. The van der Waals surface area contributed by atoms with Crippen molar-refractivity contribution in [3.63, 3.8) is 0 Å². The SMILES string of the molecule is CCCNCC1CC1(C)c1ccc(C)cc1. The molecule has 2 rings (SSSR count). The fourth-order valence-corrected chi connectivity index (χ4v) is 2.49. The number of hydrogen-bond donors (Lipinski definition) is 1. The minimum Gasteiger partial charge on any atom is -0.316 e. The summed E-state index contributed by atoms with van der Waals surface area (Å²) >= 11 is 0. The Morgan fingerprint density at radius 2 is 2.00 bits per heavy atom. The predicted octanol–water partition coefficient (Wildman–Crippen LogP) is 3.27. The van der Waals surface area contributed by atoms with Crippen molar-refractivity contribution >= 4 is 0 Å². The number of hydrogen-bond acceptors (Lipinski definition) is 1. The Balaban J connectivity index is 1.93. The Morgan fingerprint density at radius 1 is 1.31 bits per heavy atom. The molecular formula is C15H23N. The minimum atomic E-state index is 0.439. The van der Waals surface area contributed by atoms with Gasteiger partial charge in [0.05, 0.1) is 0 Å². The summed E-state index contributed by atoms with van der Waals surface area (Å²) in [6.07, 6.45) is 2.57. The molecule has 1 aliphatic carbocycles. The van der Waals surface area contributed by atoms with Crippen LogP contribution in [0.25, 0.3) is 0 Å². The van der Waals surface area contributed by atoms with Crippen molar-refractivity contribution in [1.29, 1.82) is 0 Å². The lowest BCUT2D eigenvalue weighted by atomic mass is 9.94. The number of benzene rings is 1. The maximum Gasteiger partial charge on any atom is -0.00118 e. The highest BCUT2D eigenvalue weighted by Crippen LogP contribution is 2.53. The summed E-state index contributed by atoms with van der Waals surface area (Å²) in [5, 5.41) is 3.53. The van der Waals surface area contributed by atoms with Gasteiger partial charge in [-0.15, -0.1) is 0 Å². The van der Waals surface area contributed by atoms with E-state index in [1.165, 1.54) is 30.5 Å². The first-order valence-electron chi connectivity index (χ1n) is 6.44. The van der Waals surface area contributed by atoms with Crippen LogP contribution in [-0.4, -0.2) is 13.1 Å². The number of nitrogens with one attached hydrogen (secondary N) is 1. The molecule has 0 bridgehead atoms. The van der Waals surface area contributed by atoms with E-state index in [9.17, 15) is 0 Å². The van der Waals surface area contributed by atoms with E-state index in [4.69, 9.17) is 0 Å². The molecule has 0 spiro atoms. The summed E-state index contributed by atoms with van der Waals surface area (Å²) in [5.74, 6) is 0.835. The van der Waals surface area contributed by atoms with Gasteiger partial charge in [0.25, 0.3) is 0 Å². The minimum absolute atomic E-state index is 0.439. The summed E-state index contributed by atoms with van der Waals surface area (Å²) in [7, 11) is 0. The van der Waals surface area contributed by atoms with Crippen molar-refractivity contribution in [2.24, 2.45) is 5.92 Å². The van der Waals surface area contributed by atoms with Crippen LogP contribution in [0.4, 0.5) is 0 Å². The molecule has 16 heavy (non-hydrogen) atoms. The van der Waals surface area contributed by atoms with Gasteiger partial charge in [-0.05, 0) is 49.8 Å². The Labute approximate surface area is 99.3 Å². The lowest BCUT2D eigenvalue weighted by molar-refractivity contribution is 0.575. The predicted molar refractivity (Wildman–Crippen MR) is 69.8 cm³/mol. The van der Waals surface area contributed by atoms with Crippen molar-refractivity contribution < 1.29 is 0 Å². The smallest absolute Gasteiger partial charge is 0.00118 e. The highest BCUT2D eigenvalue weighted by Gasteiger charge is 2.50. The quantitative estimate of drug-likeness (QED) is 0.746. The largest absolute Gasteiger partial charge is 0.316 e. The third-order valence-corrected chi connectivity index (χ3v) is 3.94. The van der Waals surface area contributed by atoms with Crippen LogP contribution in [0.5, 0.6) is 0 Å². The molecule has 1 aromatic carbocycles. The lowest BCUT2D eigenvalue weighted by Gasteiger charge is -2.12. The van der Waals surface area contributed by atoms with E-state index in [0.29, 0.717) is 5.41 Å². The van der Waals surface area contributed by atoms with E-state index in [2.05, 4.69) is 50.4 Å². The molecule has 1 N–H and O–H groups in total. The number of aryl methyl sites for hydroxylation is 1. The molecule has 2 unspecified atom stereocenters. The van der Waals surface area contributed by atoms with Crippen LogP contribution in [0.15, 0.2) is 24.3 Å². The molecule has 0 radical (unpaired) electrons. The van der Waals surface area contributed by atoms with Crippen LogP contribution >= 0.6 is 0 Å². The Morgan fingerprint density at radius 3 is 2.62 bits per heavy atom. The summed E-state index contributed by atoms with van der Waals surface area (Å²) in [6, 6.07) is 9.06. The van der Waals surface area contributed by atoms with Gasteiger partial charge in [0.1, 0.15) is 0 Å². The average molecular weight is 217 g/mol. The Bertz CT molecular complexity index is 341. The van der Waals surface area contributed by atoms with E-state index in [1.807, 2.05) is 0 Å². The molecule has 1 heteroatoms. The van der Waals surface area contributed by atoms with Crippen LogP contribution < -0.4 is 5.32 Å². The van der Waals surface area contributed by atoms with Crippen LogP contribution in [0.1, 0.15) is 37.8 Å². The van der Waals surface area contributed by atoms with Gasteiger partial charge in [-0.25, -0.2) is 0 Å². The van der Waals surface area contributed by atoms with Gasteiger partial charge in [0, 0.05) is 0 Å². The molecule has 0 amide bonds. The van der Waals surface area contributed by atoms with Gasteiger partial charge >= 0.3 is 0 Å². The van der Waals surface area contributed by atoms with Gasteiger partial charge in [0.2, 0.25) is 0 Å². The molecule has 0 aromatic heterocycles. The zero-order chi connectivity index (χ0) is 11.6. The first kappa shape index (κ1) is 11.7. The van der Waals surface area contributed by atoms with Crippen molar-refractivity contribution in [3.05, 3.63) is 35.4 Å². The molecule has 0 heterocycles. The normalized spacial score (nSPS) is 28.1. The van der Waals surface area contributed by atoms with Gasteiger partial charge in [-0.2, -0.15) is 0 Å². The third-order valence-electron chi connectivity index (χ3n) is 3.94. The van der Waals surface area contributed by atoms with E-state index in [1.54, 1.807) is 0 Å². The Hall–Kier alpha value is -0.820. The molecule has 1 fully saturated rings. The first-order valence-corrected chi connectivity index (χ1v) is 6.44. The highest BCUT2D eigenvalue weighted by molar-refractivity contribution is 5.34. The van der Waals surface area contributed by atoms with Crippen LogP contribution in [0, 0.1) is 12.8 Å². The lowest BCUT2D eigenvalue weighted by Crippen LogP contribution is -2.20. The summed E-state index contributed by atoms with van der Waals surface area (Å²) in [4.78, 5) is 0. The standard InChI is InChI=1S/C15H23N/c1-4-9-16-11-14-10-15(14,3)13-7-5-12(2)6-8-13/h5-8,14,16H,4,9-11H2,1-3H3. The van der Waals surface area contributed by atoms with Gasteiger partial charge in [-0.1, -0.05) is 43.7 Å². The second-order valence-electron chi connectivity index (χ2n) is 5.39. The van der Waals surface area contributed by atoms with Crippen molar-refractivity contribution in [3.8, 4) is 0 Å². The molecule has 1 aromatic rings. The molecule has 0 aliphatic heterocycles. The number of rotatable bonds is 5. The monoisotopic (exact) mass is 217 g/mol. The first-order chi connectivity index (χ1) is 7.66. The third kappa shape index (κ3) is 2.30. The van der Waals surface area contributed by atoms with Gasteiger partial charge in [0.15, 0.2) is 0 Å². The summed E-state index contributed by atoms with van der Waals surface area (Å²) in [6.45, 7) is 9.10. The Kier molecular flexibility index (Phi) is 3.34. The summed E-state index contributed by atoms with van der Waals surface area (Å²) < 4.78 is 0.